The van der Waals surface area contributed by atoms with Gasteiger partial charge >= 0.3 is 0 Å². The fourth-order valence-electron chi connectivity index (χ4n) is 8.88. The van der Waals surface area contributed by atoms with E-state index in [0.717, 1.165) is 56.6 Å². The minimum Gasteiger partial charge on any atom is -0.490 e. The monoisotopic (exact) mass is 733 g/mol. The van der Waals surface area contributed by atoms with Gasteiger partial charge in [0.1, 0.15) is 22.3 Å². The molecule has 2 aliphatic carbocycles. The molecule has 282 valence electrons. The number of nitrogens with one attached hydrogen (secondary N) is 1. The maximum absolute atomic E-state index is 14.8. The van der Waals surface area contributed by atoms with E-state index in [4.69, 9.17) is 18.9 Å². The smallest absolute Gasteiger partial charge is 0.286 e. The van der Waals surface area contributed by atoms with Crippen LogP contribution in [0.3, 0.4) is 0 Å². The second-order valence-corrected chi connectivity index (χ2v) is 18.1. The van der Waals surface area contributed by atoms with Crippen LogP contribution in [0.15, 0.2) is 52.9 Å². The van der Waals surface area contributed by atoms with Gasteiger partial charge in [-0.25, -0.2) is 4.21 Å². The Morgan fingerprint density at radius 3 is 2.71 bits per heavy atom. The Bertz CT molecular complexity index is 1800. The number of nitrogens with zero attached hydrogens (tertiary/aromatic N) is 2. The molecule has 1 spiro atoms. The van der Waals surface area contributed by atoms with Crippen molar-refractivity contribution in [1.29, 1.82) is 0 Å². The van der Waals surface area contributed by atoms with Crippen LogP contribution in [-0.4, -0.2) is 80.1 Å². The van der Waals surface area contributed by atoms with Gasteiger partial charge in [0.2, 0.25) is 0 Å². The van der Waals surface area contributed by atoms with E-state index in [-0.39, 0.29) is 30.1 Å². The van der Waals surface area contributed by atoms with E-state index in [0.29, 0.717) is 56.5 Å². The molecule has 0 aromatic heterocycles. The van der Waals surface area contributed by atoms with E-state index >= 15 is 0 Å². The Kier molecular flexibility index (Phi) is 11.1. The van der Waals surface area contributed by atoms with Gasteiger partial charge in [0.05, 0.1) is 29.8 Å². The lowest BCUT2D eigenvalue weighted by atomic mass is 9.68. The van der Waals surface area contributed by atoms with Gasteiger partial charge in [0.15, 0.2) is 0 Å². The largest absolute Gasteiger partial charge is 0.490 e. The molecule has 2 aromatic rings. The normalized spacial score (nSPS) is 33.0. The summed E-state index contributed by atoms with van der Waals surface area (Å²) < 4.78 is 45.8. The lowest BCUT2D eigenvalue weighted by molar-refractivity contribution is -0.128. The summed E-state index contributed by atoms with van der Waals surface area (Å²) in [6.45, 7) is 8.94. The second kappa shape index (κ2) is 15.6. The summed E-state index contributed by atoms with van der Waals surface area (Å²) in [6, 6.07) is 12.3. The molecule has 2 bridgehead atoms. The number of amides is 2. The lowest BCUT2D eigenvalue weighted by Gasteiger charge is -2.46. The zero-order chi connectivity index (χ0) is 36.5. The molecule has 1 saturated heterocycles. The predicted octanol–water partition coefficient (Wildman–Crippen LogP) is 6.33. The molecule has 3 heterocycles. The van der Waals surface area contributed by atoms with E-state index < -0.39 is 27.0 Å². The summed E-state index contributed by atoms with van der Waals surface area (Å²) >= 11 is 0. The van der Waals surface area contributed by atoms with Crippen LogP contribution in [0.4, 0.5) is 5.69 Å². The molecule has 2 aromatic carbocycles. The third-order valence-corrected chi connectivity index (χ3v) is 14.8. The maximum Gasteiger partial charge on any atom is 0.286 e. The van der Waals surface area contributed by atoms with Gasteiger partial charge in [0.25, 0.3) is 11.8 Å². The zero-order valence-electron chi connectivity index (χ0n) is 31.1. The van der Waals surface area contributed by atoms with Crippen molar-refractivity contribution in [3.8, 4) is 5.75 Å². The molecule has 1 unspecified atom stereocenters. The summed E-state index contributed by atoms with van der Waals surface area (Å²) in [5, 5.41) is -0.631. The molecule has 3 aliphatic heterocycles. The van der Waals surface area contributed by atoms with Crippen molar-refractivity contribution in [3.05, 3.63) is 70.8 Å². The van der Waals surface area contributed by atoms with Gasteiger partial charge in [-0.15, -0.1) is 4.36 Å². The van der Waals surface area contributed by atoms with Crippen LogP contribution in [0, 0.1) is 24.7 Å². The number of hydrogen-bond acceptors (Lipinski definition) is 8. The Balaban J connectivity index is 1.26. The summed E-state index contributed by atoms with van der Waals surface area (Å²) in [5.41, 5.74) is 4.99. The molecule has 7 rings (SSSR count). The van der Waals surface area contributed by atoms with Gasteiger partial charge in [-0.1, -0.05) is 42.8 Å². The fourth-order valence-corrected chi connectivity index (χ4v) is 10.8. The van der Waals surface area contributed by atoms with Crippen LogP contribution in [0.25, 0.3) is 0 Å². The van der Waals surface area contributed by atoms with Crippen LogP contribution in [0.1, 0.15) is 85.8 Å². The Labute approximate surface area is 309 Å². The van der Waals surface area contributed by atoms with E-state index in [9.17, 15) is 13.8 Å². The van der Waals surface area contributed by atoms with Crippen molar-refractivity contribution in [1.82, 2.24) is 4.72 Å². The highest BCUT2D eigenvalue weighted by Gasteiger charge is 2.44. The molecule has 7 atom stereocenters. The highest BCUT2D eigenvalue weighted by molar-refractivity contribution is 7.93. The third kappa shape index (κ3) is 7.70. The number of ether oxygens (including phenoxy) is 4. The molecule has 52 heavy (non-hydrogen) atoms. The van der Waals surface area contributed by atoms with Crippen LogP contribution >= 0.6 is 0 Å². The molecule has 11 heteroatoms. The maximum atomic E-state index is 14.8. The average molecular weight is 734 g/mol. The number of carbonyl (C=O) groups is 2. The minimum absolute atomic E-state index is 0.0480. The molecular formula is C41H55N3O7S. The van der Waals surface area contributed by atoms with Crippen LogP contribution in [-0.2, 0) is 40.8 Å². The Hall–Kier alpha value is -3.25. The number of aryl methyl sites for hydroxylation is 2. The van der Waals surface area contributed by atoms with E-state index in [1.807, 2.05) is 19.1 Å². The van der Waals surface area contributed by atoms with E-state index in [1.54, 1.807) is 20.1 Å². The fraction of sp³-hybridized carbons (Fsp3) is 0.610. The Morgan fingerprint density at radius 2 is 1.94 bits per heavy atom. The van der Waals surface area contributed by atoms with Gasteiger partial charge in [0, 0.05) is 44.4 Å². The van der Waals surface area contributed by atoms with E-state index in [2.05, 4.69) is 51.3 Å². The molecular weight excluding hydrogens is 679 g/mol. The summed E-state index contributed by atoms with van der Waals surface area (Å²) in [6.07, 6.45) is 11.4. The number of allylic oxidation sites excluding steroid dienone is 1. The predicted molar refractivity (Wildman–Crippen MR) is 202 cm³/mol. The molecule has 0 radical (unpaired) electrons. The first kappa shape index (κ1) is 37.1. The summed E-state index contributed by atoms with van der Waals surface area (Å²) in [5.74, 6) is 0.152. The highest BCUT2D eigenvalue weighted by atomic mass is 32.2. The Morgan fingerprint density at radius 1 is 1.12 bits per heavy atom. The number of carbonyl (C=O) groups excluding carboxylic acids is 2. The number of fused-ring (bicyclic) bond motifs is 4. The highest BCUT2D eigenvalue weighted by Crippen LogP contribution is 2.47. The van der Waals surface area contributed by atoms with Crippen molar-refractivity contribution in [2.75, 3.05) is 51.5 Å². The van der Waals surface area contributed by atoms with Crippen LogP contribution in [0.2, 0.25) is 0 Å². The second-order valence-electron chi connectivity index (χ2n) is 15.8. The van der Waals surface area contributed by atoms with Gasteiger partial charge in [-0.05, 0) is 112 Å². The SMILES string of the molecule is CO[C@H]1/C=C\C[C@H](C)[C@@H](C)S(=O)(NC(=O)COC2CCOCC2)=NC(=O)c2ccc3c(c2)N(C[C@@H]2CC[C@H]21)C[C@@]1(CCCc2cc(C)ccc21)CO3. The third-order valence-electron chi connectivity index (χ3n) is 12.3. The molecule has 2 amide bonds. The number of rotatable bonds is 5. The average Bonchev–Trinajstić information content (AvgIpc) is 3.28. The molecule has 5 aliphatic rings. The van der Waals surface area contributed by atoms with Crippen molar-refractivity contribution >= 4 is 27.4 Å². The quantitative estimate of drug-likeness (QED) is 0.355. The number of hydrogen-bond donors (Lipinski definition) is 1. The van der Waals surface area contributed by atoms with Gasteiger partial charge < -0.3 is 23.8 Å². The first-order chi connectivity index (χ1) is 25.1. The first-order valence-electron chi connectivity index (χ1n) is 19.2. The lowest BCUT2D eigenvalue weighted by Crippen LogP contribution is -2.49. The summed E-state index contributed by atoms with van der Waals surface area (Å²) in [4.78, 5) is 29.8. The van der Waals surface area contributed by atoms with Crippen molar-refractivity contribution < 1.29 is 32.7 Å². The number of methoxy groups -OCH3 is 1. The molecule has 1 saturated carbocycles. The van der Waals surface area contributed by atoms with Crippen molar-refractivity contribution in [2.45, 2.75) is 95.0 Å². The van der Waals surface area contributed by atoms with Gasteiger partial charge in [-0.3, -0.25) is 14.3 Å². The van der Waals surface area contributed by atoms with Crippen molar-refractivity contribution in [2.24, 2.45) is 22.1 Å². The number of benzene rings is 2. The molecule has 1 N–H and O–H groups in total. The van der Waals surface area contributed by atoms with Crippen molar-refractivity contribution in [3.63, 3.8) is 0 Å². The first-order valence-corrected chi connectivity index (χ1v) is 20.8. The molecule has 2 fully saturated rings. The molecule has 10 nitrogen and oxygen atoms in total. The van der Waals surface area contributed by atoms with E-state index in [1.165, 1.54) is 16.7 Å². The summed E-state index contributed by atoms with van der Waals surface area (Å²) in [7, 11) is -1.78. The topological polar surface area (TPSA) is 116 Å². The zero-order valence-corrected chi connectivity index (χ0v) is 32.0. The van der Waals surface area contributed by atoms with Crippen LogP contribution < -0.4 is 14.4 Å². The van der Waals surface area contributed by atoms with Gasteiger partial charge in [-0.2, -0.15) is 0 Å². The minimum atomic E-state index is -3.56. The van der Waals surface area contributed by atoms with Crippen LogP contribution in [0.5, 0.6) is 5.75 Å². The number of anilines is 1. The standard InChI is InChI=1S/C41H55N3O7S/c1-27-10-14-35-30(21-27)8-6-18-41(35)25-44-23-32-11-13-34(32)37(48-4)9-5-7-28(2)29(3)52(47,42-39(45)24-50-33-16-19-49-20-17-33)43-40(46)31-12-15-38(51-26-41)36(44)22-31/h5,9-10,12,14-15,21-22,28-29,32-34,37H,6-8,11,13,16-20,23-26H2,1-4H3,(H,42,43,45,46,47)/b9-5-/t28-,29+,32-,34+,37-,41-,52?/m0/s1.